The molecular formula is C13H24N4O. The SMILES string of the molecule is Cc1nn(CC(=O)NC(C)C(C)(C)C)c(C)c1N. The highest BCUT2D eigenvalue weighted by Gasteiger charge is 2.22. The van der Waals surface area contributed by atoms with Crippen LogP contribution in [-0.4, -0.2) is 21.7 Å². The van der Waals surface area contributed by atoms with E-state index >= 15 is 0 Å². The van der Waals surface area contributed by atoms with Crippen molar-refractivity contribution in [3.05, 3.63) is 11.4 Å². The highest BCUT2D eigenvalue weighted by molar-refractivity contribution is 5.76. The van der Waals surface area contributed by atoms with Crippen molar-refractivity contribution in [2.45, 2.75) is 54.1 Å². The molecule has 0 spiro atoms. The number of aryl methyl sites for hydroxylation is 1. The van der Waals surface area contributed by atoms with Crippen LogP contribution in [0.2, 0.25) is 0 Å². The predicted octanol–water partition coefficient (Wildman–Crippen LogP) is 1.63. The maximum atomic E-state index is 11.9. The number of nitrogens with one attached hydrogen (secondary N) is 1. The fourth-order valence-corrected chi connectivity index (χ4v) is 1.50. The van der Waals surface area contributed by atoms with Crippen molar-refractivity contribution in [1.29, 1.82) is 0 Å². The Kier molecular flexibility index (Phi) is 4.04. The van der Waals surface area contributed by atoms with Crippen molar-refractivity contribution in [2.24, 2.45) is 5.41 Å². The summed E-state index contributed by atoms with van der Waals surface area (Å²) in [6.45, 7) is 12.2. The Morgan fingerprint density at radius 1 is 1.44 bits per heavy atom. The van der Waals surface area contributed by atoms with Gasteiger partial charge in [0.15, 0.2) is 0 Å². The van der Waals surface area contributed by atoms with Crippen LogP contribution in [0.15, 0.2) is 0 Å². The van der Waals surface area contributed by atoms with E-state index in [1.165, 1.54) is 0 Å². The molecule has 0 bridgehead atoms. The molecule has 102 valence electrons. The second kappa shape index (κ2) is 5.00. The monoisotopic (exact) mass is 252 g/mol. The lowest BCUT2D eigenvalue weighted by molar-refractivity contribution is -0.123. The van der Waals surface area contributed by atoms with E-state index in [1.54, 1.807) is 4.68 Å². The number of aromatic nitrogens is 2. The number of carbonyl (C=O) groups is 1. The van der Waals surface area contributed by atoms with Crippen molar-refractivity contribution in [3.8, 4) is 0 Å². The normalized spacial score (nSPS) is 13.4. The Bertz CT molecular complexity index is 443. The molecule has 0 aliphatic carbocycles. The van der Waals surface area contributed by atoms with E-state index in [2.05, 4.69) is 31.2 Å². The van der Waals surface area contributed by atoms with Gasteiger partial charge in [-0.3, -0.25) is 9.48 Å². The van der Waals surface area contributed by atoms with Gasteiger partial charge >= 0.3 is 0 Å². The maximum Gasteiger partial charge on any atom is 0.241 e. The Balaban J connectivity index is 2.68. The highest BCUT2D eigenvalue weighted by Crippen LogP contribution is 2.18. The average molecular weight is 252 g/mol. The zero-order chi connectivity index (χ0) is 14.1. The molecule has 1 unspecified atom stereocenters. The maximum absolute atomic E-state index is 11.9. The Morgan fingerprint density at radius 2 is 2.00 bits per heavy atom. The molecule has 1 heterocycles. The van der Waals surface area contributed by atoms with Crippen LogP contribution in [0.3, 0.4) is 0 Å². The summed E-state index contributed by atoms with van der Waals surface area (Å²) < 4.78 is 1.65. The molecule has 5 heteroatoms. The van der Waals surface area contributed by atoms with E-state index in [9.17, 15) is 4.79 Å². The number of rotatable bonds is 3. The molecule has 0 aliphatic heterocycles. The molecule has 1 aromatic heterocycles. The van der Waals surface area contributed by atoms with Gasteiger partial charge in [-0.05, 0) is 26.2 Å². The Morgan fingerprint density at radius 3 is 2.39 bits per heavy atom. The minimum atomic E-state index is -0.0389. The van der Waals surface area contributed by atoms with Crippen molar-refractivity contribution in [3.63, 3.8) is 0 Å². The van der Waals surface area contributed by atoms with Gasteiger partial charge in [0.2, 0.25) is 5.91 Å². The topological polar surface area (TPSA) is 72.9 Å². The van der Waals surface area contributed by atoms with Crippen LogP contribution in [0.5, 0.6) is 0 Å². The molecule has 1 atom stereocenters. The molecule has 3 N–H and O–H groups in total. The zero-order valence-corrected chi connectivity index (χ0v) is 12.2. The molecule has 0 fully saturated rings. The van der Waals surface area contributed by atoms with Gasteiger partial charge in [-0.1, -0.05) is 20.8 Å². The van der Waals surface area contributed by atoms with Crippen LogP contribution in [0, 0.1) is 19.3 Å². The standard InChI is InChI=1S/C13H24N4O/c1-8-12(14)9(2)17(16-8)7-11(18)15-10(3)13(4,5)6/h10H,7,14H2,1-6H3,(H,15,18). The molecule has 0 saturated carbocycles. The van der Waals surface area contributed by atoms with E-state index < -0.39 is 0 Å². The smallest absolute Gasteiger partial charge is 0.241 e. The number of carbonyl (C=O) groups excluding carboxylic acids is 1. The van der Waals surface area contributed by atoms with Crippen molar-refractivity contribution in [1.82, 2.24) is 15.1 Å². The van der Waals surface area contributed by atoms with Crippen LogP contribution in [0.4, 0.5) is 5.69 Å². The average Bonchev–Trinajstić information content (AvgIpc) is 2.45. The van der Waals surface area contributed by atoms with Crippen LogP contribution >= 0.6 is 0 Å². The third-order valence-electron chi connectivity index (χ3n) is 3.41. The first-order valence-corrected chi connectivity index (χ1v) is 6.21. The van der Waals surface area contributed by atoms with Gasteiger partial charge in [0.25, 0.3) is 0 Å². The summed E-state index contributed by atoms with van der Waals surface area (Å²) in [5.41, 5.74) is 8.14. The first-order valence-electron chi connectivity index (χ1n) is 6.21. The Hall–Kier alpha value is -1.52. The number of nitrogen functional groups attached to an aromatic ring is 1. The van der Waals surface area contributed by atoms with Gasteiger partial charge in [-0.15, -0.1) is 0 Å². The fourth-order valence-electron chi connectivity index (χ4n) is 1.50. The minimum absolute atomic E-state index is 0.0389. The van der Waals surface area contributed by atoms with E-state index in [0.717, 1.165) is 11.4 Å². The summed E-state index contributed by atoms with van der Waals surface area (Å²) in [6.07, 6.45) is 0. The molecule has 0 aromatic carbocycles. The lowest BCUT2D eigenvalue weighted by Gasteiger charge is -2.28. The molecule has 1 amide bonds. The second-order valence-corrected chi connectivity index (χ2v) is 5.90. The van der Waals surface area contributed by atoms with E-state index in [4.69, 9.17) is 5.73 Å². The van der Waals surface area contributed by atoms with Crippen molar-refractivity contribution in [2.75, 3.05) is 5.73 Å². The highest BCUT2D eigenvalue weighted by atomic mass is 16.2. The first kappa shape index (κ1) is 14.5. The molecular weight excluding hydrogens is 228 g/mol. The Labute approximate surface area is 109 Å². The van der Waals surface area contributed by atoms with Crippen LogP contribution in [-0.2, 0) is 11.3 Å². The van der Waals surface area contributed by atoms with Gasteiger partial charge < -0.3 is 11.1 Å². The number of nitrogens with zero attached hydrogens (tertiary/aromatic N) is 2. The van der Waals surface area contributed by atoms with E-state index in [1.807, 2.05) is 20.8 Å². The zero-order valence-electron chi connectivity index (χ0n) is 12.2. The van der Waals surface area contributed by atoms with Gasteiger partial charge in [0, 0.05) is 6.04 Å². The molecule has 0 aliphatic rings. The number of hydrogen-bond donors (Lipinski definition) is 2. The van der Waals surface area contributed by atoms with Gasteiger partial charge in [-0.25, -0.2) is 0 Å². The largest absolute Gasteiger partial charge is 0.396 e. The molecule has 0 saturated heterocycles. The summed E-state index contributed by atoms with van der Waals surface area (Å²) in [4.78, 5) is 11.9. The number of amides is 1. The number of nitrogens with two attached hydrogens (primary N) is 1. The van der Waals surface area contributed by atoms with Gasteiger partial charge in [0.1, 0.15) is 6.54 Å². The van der Waals surface area contributed by atoms with Crippen LogP contribution in [0.25, 0.3) is 0 Å². The van der Waals surface area contributed by atoms with Crippen LogP contribution < -0.4 is 11.1 Å². The molecule has 18 heavy (non-hydrogen) atoms. The van der Waals surface area contributed by atoms with Gasteiger partial charge in [0.05, 0.1) is 17.1 Å². The number of anilines is 1. The molecule has 5 nitrogen and oxygen atoms in total. The summed E-state index contributed by atoms with van der Waals surface area (Å²) >= 11 is 0. The predicted molar refractivity (Wildman–Crippen MR) is 73.2 cm³/mol. The second-order valence-electron chi connectivity index (χ2n) is 5.90. The van der Waals surface area contributed by atoms with E-state index in [0.29, 0.717) is 5.69 Å². The van der Waals surface area contributed by atoms with Crippen LogP contribution in [0.1, 0.15) is 39.1 Å². The first-order chi connectivity index (χ1) is 8.12. The quantitative estimate of drug-likeness (QED) is 0.858. The lowest BCUT2D eigenvalue weighted by atomic mass is 9.88. The summed E-state index contributed by atoms with van der Waals surface area (Å²) in [5, 5.41) is 7.23. The summed E-state index contributed by atoms with van der Waals surface area (Å²) in [6, 6.07) is 0.110. The van der Waals surface area contributed by atoms with E-state index in [-0.39, 0.29) is 23.9 Å². The molecule has 1 rings (SSSR count). The fraction of sp³-hybridized carbons (Fsp3) is 0.692. The minimum Gasteiger partial charge on any atom is -0.396 e. The third kappa shape index (κ3) is 3.24. The number of hydrogen-bond acceptors (Lipinski definition) is 3. The van der Waals surface area contributed by atoms with Crippen molar-refractivity contribution < 1.29 is 4.79 Å². The van der Waals surface area contributed by atoms with Crippen molar-refractivity contribution >= 4 is 11.6 Å². The lowest BCUT2D eigenvalue weighted by Crippen LogP contribution is -2.43. The van der Waals surface area contributed by atoms with Gasteiger partial charge in [-0.2, -0.15) is 5.10 Å². The summed E-state index contributed by atoms with van der Waals surface area (Å²) in [5.74, 6) is -0.0389. The summed E-state index contributed by atoms with van der Waals surface area (Å²) in [7, 11) is 0. The third-order valence-corrected chi connectivity index (χ3v) is 3.41. The molecule has 1 aromatic rings. The molecule has 0 radical (unpaired) electrons.